The third-order valence-electron chi connectivity index (χ3n) is 3.34. The van der Waals surface area contributed by atoms with Gasteiger partial charge in [0, 0.05) is 25.0 Å². The predicted octanol–water partition coefficient (Wildman–Crippen LogP) is 1.39. The Morgan fingerprint density at radius 2 is 2.20 bits per heavy atom. The third kappa shape index (κ3) is 2.94. The van der Waals surface area contributed by atoms with Crippen LogP contribution in [0.5, 0.6) is 0 Å². The van der Waals surface area contributed by atoms with Crippen molar-refractivity contribution in [1.29, 1.82) is 0 Å². The predicted molar refractivity (Wildman–Crippen MR) is 60.6 cm³/mol. The molecule has 3 nitrogen and oxygen atoms in total. The Labute approximate surface area is 92.2 Å². The lowest BCUT2D eigenvalue weighted by atomic mass is 10.1. The van der Waals surface area contributed by atoms with E-state index in [9.17, 15) is 4.79 Å². The Balaban J connectivity index is 1.78. The molecule has 3 heteroatoms. The molecule has 1 atom stereocenters. The first-order valence-corrected chi connectivity index (χ1v) is 6.33. The van der Waals surface area contributed by atoms with Crippen LogP contribution in [-0.2, 0) is 4.79 Å². The number of likely N-dealkylation sites (tertiary alicyclic amines) is 1. The van der Waals surface area contributed by atoms with Crippen molar-refractivity contribution >= 4 is 5.91 Å². The SMILES string of the molecule is CCCNC1CCCN(C(=O)C2CC2)C1. The first kappa shape index (κ1) is 10.9. The summed E-state index contributed by atoms with van der Waals surface area (Å²) in [5.41, 5.74) is 0. The Morgan fingerprint density at radius 3 is 2.87 bits per heavy atom. The average molecular weight is 210 g/mol. The van der Waals surface area contributed by atoms with Crippen molar-refractivity contribution < 1.29 is 4.79 Å². The van der Waals surface area contributed by atoms with E-state index in [4.69, 9.17) is 0 Å². The summed E-state index contributed by atoms with van der Waals surface area (Å²) in [6.45, 7) is 5.19. The summed E-state index contributed by atoms with van der Waals surface area (Å²) >= 11 is 0. The van der Waals surface area contributed by atoms with Gasteiger partial charge in [-0.05, 0) is 38.6 Å². The van der Waals surface area contributed by atoms with Gasteiger partial charge in [0.05, 0.1) is 0 Å². The largest absolute Gasteiger partial charge is 0.341 e. The molecule has 0 aromatic rings. The third-order valence-corrected chi connectivity index (χ3v) is 3.34. The molecule has 1 N–H and O–H groups in total. The number of nitrogens with zero attached hydrogens (tertiary/aromatic N) is 1. The molecule has 2 fully saturated rings. The van der Waals surface area contributed by atoms with Crippen LogP contribution in [-0.4, -0.2) is 36.5 Å². The molecule has 0 aromatic heterocycles. The van der Waals surface area contributed by atoms with E-state index < -0.39 is 0 Å². The van der Waals surface area contributed by atoms with Gasteiger partial charge < -0.3 is 10.2 Å². The fourth-order valence-electron chi connectivity index (χ4n) is 2.28. The topological polar surface area (TPSA) is 32.3 Å². The number of nitrogens with one attached hydrogen (secondary N) is 1. The molecule has 86 valence electrons. The number of carbonyl (C=O) groups is 1. The second-order valence-corrected chi connectivity index (χ2v) is 4.85. The molecule has 2 aliphatic rings. The minimum absolute atomic E-state index is 0.384. The van der Waals surface area contributed by atoms with Crippen LogP contribution in [0.2, 0.25) is 0 Å². The number of hydrogen-bond donors (Lipinski definition) is 1. The molecule has 1 amide bonds. The van der Waals surface area contributed by atoms with Crippen molar-refractivity contribution in [2.75, 3.05) is 19.6 Å². The summed E-state index contributed by atoms with van der Waals surface area (Å²) in [5, 5.41) is 3.52. The number of hydrogen-bond acceptors (Lipinski definition) is 2. The van der Waals surface area contributed by atoms with Crippen LogP contribution in [0, 0.1) is 5.92 Å². The van der Waals surface area contributed by atoms with Crippen molar-refractivity contribution in [2.45, 2.75) is 45.1 Å². The fraction of sp³-hybridized carbons (Fsp3) is 0.917. The highest BCUT2D eigenvalue weighted by molar-refractivity contribution is 5.81. The van der Waals surface area contributed by atoms with Crippen molar-refractivity contribution in [3.63, 3.8) is 0 Å². The maximum Gasteiger partial charge on any atom is 0.225 e. The smallest absolute Gasteiger partial charge is 0.225 e. The molecule has 1 aliphatic carbocycles. The molecular formula is C12H22N2O. The second kappa shape index (κ2) is 4.97. The zero-order valence-electron chi connectivity index (χ0n) is 9.67. The van der Waals surface area contributed by atoms with Crippen LogP contribution in [0.15, 0.2) is 0 Å². The van der Waals surface area contributed by atoms with Gasteiger partial charge in [-0.15, -0.1) is 0 Å². The highest BCUT2D eigenvalue weighted by atomic mass is 16.2. The van der Waals surface area contributed by atoms with Crippen molar-refractivity contribution in [1.82, 2.24) is 10.2 Å². The van der Waals surface area contributed by atoms with Gasteiger partial charge in [-0.3, -0.25) is 4.79 Å². The molecule has 0 spiro atoms. The van der Waals surface area contributed by atoms with Crippen LogP contribution >= 0.6 is 0 Å². The molecule has 2 rings (SSSR count). The number of amides is 1. The van der Waals surface area contributed by atoms with E-state index in [0.717, 1.165) is 32.5 Å². The summed E-state index contributed by atoms with van der Waals surface area (Å²) in [4.78, 5) is 14.0. The van der Waals surface area contributed by atoms with Crippen LogP contribution in [0.3, 0.4) is 0 Å². The lowest BCUT2D eigenvalue weighted by Gasteiger charge is -2.33. The fourth-order valence-corrected chi connectivity index (χ4v) is 2.28. The van der Waals surface area contributed by atoms with Gasteiger partial charge in [0.1, 0.15) is 0 Å². The minimum Gasteiger partial charge on any atom is -0.341 e. The van der Waals surface area contributed by atoms with E-state index in [1.165, 1.54) is 19.3 Å². The first-order valence-electron chi connectivity index (χ1n) is 6.33. The molecule has 0 radical (unpaired) electrons. The summed E-state index contributed by atoms with van der Waals surface area (Å²) in [6.07, 6.45) is 5.83. The Kier molecular flexibility index (Phi) is 3.62. The summed E-state index contributed by atoms with van der Waals surface area (Å²) in [7, 11) is 0. The van der Waals surface area contributed by atoms with Crippen LogP contribution < -0.4 is 5.32 Å². The molecule has 0 bridgehead atoms. The molecular weight excluding hydrogens is 188 g/mol. The van der Waals surface area contributed by atoms with Crippen LogP contribution in [0.1, 0.15) is 39.0 Å². The van der Waals surface area contributed by atoms with E-state index in [1.807, 2.05) is 0 Å². The quantitative estimate of drug-likeness (QED) is 0.760. The highest BCUT2D eigenvalue weighted by Crippen LogP contribution is 2.31. The van der Waals surface area contributed by atoms with Crippen LogP contribution in [0.25, 0.3) is 0 Å². The summed E-state index contributed by atoms with van der Waals surface area (Å²) < 4.78 is 0. The first-order chi connectivity index (χ1) is 7.31. The maximum atomic E-state index is 11.9. The number of rotatable bonds is 4. The monoisotopic (exact) mass is 210 g/mol. The molecule has 1 unspecified atom stereocenters. The lowest BCUT2D eigenvalue weighted by molar-refractivity contribution is -0.133. The zero-order valence-corrected chi connectivity index (χ0v) is 9.67. The van der Waals surface area contributed by atoms with E-state index in [1.54, 1.807) is 0 Å². The minimum atomic E-state index is 0.384. The average Bonchev–Trinajstić information content (AvgIpc) is 3.09. The van der Waals surface area contributed by atoms with Gasteiger partial charge in [0.15, 0.2) is 0 Å². The highest BCUT2D eigenvalue weighted by Gasteiger charge is 2.35. The van der Waals surface area contributed by atoms with Crippen LogP contribution in [0.4, 0.5) is 0 Å². The van der Waals surface area contributed by atoms with Gasteiger partial charge in [0.25, 0.3) is 0 Å². The van der Waals surface area contributed by atoms with Gasteiger partial charge in [-0.25, -0.2) is 0 Å². The second-order valence-electron chi connectivity index (χ2n) is 4.85. The van der Waals surface area contributed by atoms with Gasteiger partial charge in [-0.2, -0.15) is 0 Å². The number of piperidine rings is 1. The molecule has 15 heavy (non-hydrogen) atoms. The normalized spacial score (nSPS) is 26.7. The molecule has 1 heterocycles. The lowest BCUT2D eigenvalue weighted by Crippen LogP contribution is -2.48. The Morgan fingerprint density at radius 1 is 1.40 bits per heavy atom. The maximum absolute atomic E-state index is 11.9. The van der Waals surface area contributed by atoms with E-state index in [-0.39, 0.29) is 0 Å². The number of carbonyl (C=O) groups excluding carboxylic acids is 1. The van der Waals surface area contributed by atoms with Gasteiger partial charge >= 0.3 is 0 Å². The zero-order chi connectivity index (χ0) is 10.7. The molecule has 1 aliphatic heterocycles. The van der Waals surface area contributed by atoms with Gasteiger partial charge in [0.2, 0.25) is 5.91 Å². The van der Waals surface area contributed by atoms with E-state index in [0.29, 0.717) is 17.9 Å². The van der Waals surface area contributed by atoms with E-state index in [2.05, 4.69) is 17.1 Å². The molecule has 0 aromatic carbocycles. The van der Waals surface area contributed by atoms with Crippen molar-refractivity contribution in [3.8, 4) is 0 Å². The van der Waals surface area contributed by atoms with Crippen molar-refractivity contribution in [2.24, 2.45) is 5.92 Å². The molecule has 1 saturated heterocycles. The standard InChI is InChI=1S/C12H22N2O/c1-2-7-13-11-4-3-8-14(9-11)12(15)10-5-6-10/h10-11,13H,2-9H2,1H3. The van der Waals surface area contributed by atoms with Gasteiger partial charge in [-0.1, -0.05) is 6.92 Å². The Bertz CT molecular complexity index is 226. The summed E-state index contributed by atoms with van der Waals surface area (Å²) in [5.74, 6) is 0.799. The Hall–Kier alpha value is -0.570. The molecule has 1 saturated carbocycles. The summed E-state index contributed by atoms with van der Waals surface area (Å²) in [6, 6.07) is 0.543. The van der Waals surface area contributed by atoms with E-state index >= 15 is 0 Å². The van der Waals surface area contributed by atoms with Crippen molar-refractivity contribution in [3.05, 3.63) is 0 Å².